The third-order valence-electron chi connectivity index (χ3n) is 3.93. The zero-order chi connectivity index (χ0) is 18.5. The standard InChI is InChI=1S/C20H14ClN3.C2H6/c21-16-7-10-18-19(11-16)23-12-20(24-18)15-3-1-13(2-4-15)14-5-8-17(22)9-6-14;1-2/h1-12H,22H2;1-2H3. The van der Waals surface area contributed by atoms with Crippen molar-refractivity contribution in [1.82, 2.24) is 9.97 Å². The van der Waals surface area contributed by atoms with E-state index in [0.717, 1.165) is 39.1 Å². The summed E-state index contributed by atoms with van der Waals surface area (Å²) in [5, 5.41) is 0.664. The summed E-state index contributed by atoms with van der Waals surface area (Å²) in [6.45, 7) is 4.00. The minimum atomic E-state index is 0.664. The van der Waals surface area contributed by atoms with Crippen molar-refractivity contribution in [3.63, 3.8) is 0 Å². The fourth-order valence-corrected chi connectivity index (χ4v) is 2.80. The highest BCUT2D eigenvalue weighted by atomic mass is 35.5. The first-order valence-electron chi connectivity index (χ1n) is 8.58. The van der Waals surface area contributed by atoms with Crippen LogP contribution in [0.25, 0.3) is 33.4 Å². The molecule has 0 fully saturated rings. The molecule has 0 spiro atoms. The van der Waals surface area contributed by atoms with Gasteiger partial charge in [0.2, 0.25) is 0 Å². The van der Waals surface area contributed by atoms with Crippen LogP contribution >= 0.6 is 11.6 Å². The molecule has 0 atom stereocenters. The maximum atomic E-state index is 5.99. The molecule has 3 nitrogen and oxygen atoms in total. The summed E-state index contributed by atoms with van der Waals surface area (Å²) in [6.07, 6.45) is 1.77. The molecule has 1 heterocycles. The molecule has 0 unspecified atom stereocenters. The van der Waals surface area contributed by atoms with Gasteiger partial charge >= 0.3 is 0 Å². The van der Waals surface area contributed by atoms with E-state index in [1.165, 1.54) is 0 Å². The number of halogens is 1. The fraction of sp³-hybridized carbons (Fsp3) is 0.0909. The average Bonchev–Trinajstić information content (AvgIpc) is 2.70. The minimum Gasteiger partial charge on any atom is -0.399 e. The molecular formula is C22H20ClN3. The van der Waals surface area contributed by atoms with Crippen LogP contribution in [0, 0.1) is 0 Å². The molecule has 0 saturated heterocycles. The molecule has 4 heteroatoms. The van der Waals surface area contributed by atoms with Crippen molar-refractivity contribution in [3.05, 3.63) is 77.9 Å². The first-order chi connectivity index (χ1) is 12.7. The van der Waals surface area contributed by atoms with Crippen LogP contribution in [0.1, 0.15) is 13.8 Å². The van der Waals surface area contributed by atoms with Gasteiger partial charge in [0, 0.05) is 16.3 Å². The van der Waals surface area contributed by atoms with Gasteiger partial charge in [0.1, 0.15) is 0 Å². The van der Waals surface area contributed by atoms with Gasteiger partial charge in [-0.05, 0) is 41.5 Å². The molecule has 3 aromatic carbocycles. The molecule has 0 aliphatic heterocycles. The molecule has 26 heavy (non-hydrogen) atoms. The lowest BCUT2D eigenvalue weighted by atomic mass is 10.0. The summed E-state index contributed by atoms with van der Waals surface area (Å²) < 4.78 is 0. The predicted molar refractivity (Wildman–Crippen MR) is 111 cm³/mol. The van der Waals surface area contributed by atoms with Gasteiger partial charge in [-0.25, -0.2) is 4.98 Å². The zero-order valence-corrected chi connectivity index (χ0v) is 15.5. The van der Waals surface area contributed by atoms with Crippen LogP contribution in [-0.4, -0.2) is 9.97 Å². The molecule has 0 saturated carbocycles. The maximum Gasteiger partial charge on any atom is 0.0902 e. The lowest BCUT2D eigenvalue weighted by molar-refractivity contribution is 1.29. The number of nitrogens with two attached hydrogens (primary N) is 1. The van der Waals surface area contributed by atoms with E-state index in [4.69, 9.17) is 17.3 Å². The number of anilines is 1. The molecule has 0 aliphatic carbocycles. The van der Waals surface area contributed by atoms with Crippen LogP contribution in [0.5, 0.6) is 0 Å². The van der Waals surface area contributed by atoms with Crippen LogP contribution < -0.4 is 5.73 Å². The van der Waals surface area contributed by atoms with Crippen LogP contribution in [0.15, 0.2) is 72.9 Å². The zero-order valence-electron chi connectivity index (χ0n) is 14.8. The van der Waals surface area contributed by atoms with Crippen molar-refractivity contribution in [1.29, 1.82) is 0 Å². The average molecular weight is 362 g/mol. The van der Waals surface area contributed by atoms with Crippen molar-refractivity contribution in [2.24, 2.45) is 0 Å². The highest BCUT2D eigenvalue weighted by Crippen LogP contribution is 2.25. The number of fused-ring (bicyclic) bond motifs is 1. The van der Waals surface area contributed by atoms with E-state index < -0.39 is 0 Å². The van der Waals surface area contributed by atoms with Gasteiger partial charge in [-0.15, -0.1) is 0 Å². The number of rotatable bonds is 2. The van der Waals surface area contributed by atoms with E-state index in [0.29, 0.717) is 5.02 Å². The second kappa shape index (κ2) is 7.98. The Kier molecular flexibility index (Phi) is 5.49. The molecular weight excluding hydrogens is 342 g/mol. The van der Waals surface area contributed by atoms with Gasteiger partial charge in [0.15, 0.2) is 0 Å². The van der Waals surface area contributed by atoms with Crippen LogP contribution in [0.3, 0.4) is 0 Å². The minimum absolute atomic E-state index is 0.664. The Balaban J connectivity index is 0.000000948. The maximum absolute atomic E-state index is 5.99. The topological polar surface area (TPSA) is 51.8 Å². The van der Waals surface area contributed by atoms with Crippen molar-refractivity contribution < 1.29 is 0 Å². The fourth-order valence-electron chi connectivity index (χ4n) is 2.63. The summed E-state index contributed by atoms with van der Waals surface area (Å²) in [4.78, 5) is 9.11. The Morgan fingerprint density at radius 3 is 1.96 bits per heavy atom. The highest BCUT2D eigenvalue weighted by molar-refractivity contribution is 6.31. The largest absolute Gasteiger partial charge is 0.399 e. The van der Waals surface area contributed by atoms with E-state index >= 15 is 0 Å². The second-order valence-electron chi connectivity index (χ2n) is 5.59. The van der Waals surface area contributed by atoms with E-state index in [9.17, 15) is 0 Å². The number of aromatic nitrogens is 2. The Morgan fingerprint density at radius 1 is 0.731 bits per heavy atom. The molecule has 4 aromatic rings. The van der Waals surface area contributed by atoms with Crippen molar-refractivity contribution >= 4 is 28.3 Å². The molecule has 4 rings (SSSR count). The van der Waals surface area contributed by atoms with Gasteiger partial charge in [0.25, 0.3) is 0 Å². The molecule has 0 bridgehead atoms. The van der Waals surface area contributed by atoms with E-state index in [1.54, 1.807) is 6.20 Å². The van der Waals surface area contributed by atoms with Gasteiger partial charge in [-0.3, -0.25) is 4.98 Å². The lowest BCUT2D eigenvalue weighted by Crippen LogP contribution is -1.89. The smallest absolute Gasteiger partial charge is 0.0902 e. The Hall–Kier alpha value is -2.91. The first-order valence-corrected chi connectivity index (χ1v) is 8.95. The number of benzene rings is 3. The predicted octanol–water partition coefficient (Wildman–Crippen LogP) is 6.23. The molecule has 2 N–H and O–H groups in total. The van der Waals surface area contributed by atoms with Crippen LogP contribution in [0.4, 0.5) is 5.69 Å². The van der Waals surface area contributed by atoms with Gasteiger partial charge < -0.3 is 5.73 Å². The van der Waals surface area contributed by atoms with E-state index in [1.807, 2.05) is 56.3 Å². The number of nitrogens with zero attached hydrogens (tertiary/aromatic N) is 2. The summed E-state index contributed by atoms with van der Waals surface area (Å²) in [5.74, 6) is 0. The Labute approximate surface area is 158 Å². The highest BCUT2D eigenvalue weighted by Gasteiger charge is 2.04. The van der Waals surface area contributed by atoms with Crippen LogP contribution in [-0.2, 0) is 0 Å². The Morgan fingerprint density at radius 2 is 1.31 bits per heavy atom. The lowest BCUT2D eigenvalue weighted by Gasteiger charge is -2.06. The molecule has 1 aromatic heterocycles. The van der Waals surface area contributed by atoms with Gasteiger partial charge in [-0.1, -0.05) is 61.8 Å². The van der Waals surface area contributed by atoms with Gasteiger partial charge in [-0.2, -0.15) is 0 Å². The molecule has 0 aliphatic rings. The van der Waals surface area contributed by atoms with Crippen molar-refractivity contribution in [2.75, 3.05) is 5.73 Å². The summed E-state index contributed by atoms with van der Waals surface area (Å²) in [7, 11) is 0. The number of hydrogen-bond acceptors (Lipinski definition) is 3. The monoisotopic (exact) mass is 361 g/mol. The molecule has 130 valence electrons. The number of hydrogen-bond donors (Lipinski definition) is 1. The van der Waals surface area contributed by atoms with E-state index in [-0.39, 0.29) is 0 Å². The SMILES string of the molecule is CC.Nc1ccc(-c2ccc(-c3cnc4cc(Cl)ccc4n3)cc2)cc1. The molecule has 0 amide bonds. The summed E-state index contributed by atoms with van der Waals surface area (Å²) in [5.41, 5.74) is 12.3. The normalized spacial score (nSPS) is 10.3. The van der Waals surface area contributed by atoms with Gasteiger partial charge in [0.05, 0.1) is 22.9 Å². The van der Waals surface area contributed by atoms with Crippen molar-refractivity contribution in [2.45, 2.75) is 13.8 Å². The summed E-state index contributed by atoms with van der Waals surface area (Å²) >= 11 is 5.99. The first kappa shape index (κ1) is 17.9. The van der Waals surface area contributed by atoms with Crippen molar-refractivity contribution in [3.8, 4) is 22.4 Å². The van der Waals surface area contributed by atoms with Crippen LogP contribution in [0.2, 0.25) is 5.02 Å². The third-order valence-corrected chi connectivity index (χ3v) is 4.16. The summed E-state index contributed by atoms with van der Waals surface area (Å²) in [6, 6.07) is 21.6. The number of nitrogen functional groups attached to an aromatic ring is 1. The second-order valence-corrected chi connectivity index (χ2v) is 6.02. The Bertz CT molecular complexity index is 1010. The molecule has 0 radical (unpaired) electrons. The quantitative estimate of drug-likeness (QED) is 0.431. The third kappa shape index (κ3) is 3.84. The van der Waals surface area contributed by atoms with E-state index in [2.05, 4.69) is 34.2 Å².